The zero-order chi connectivity index (χ0) is 14.9. The Morgan fingerprint density at radius 1 is 1.11 bits per heavy atom. The molecule has 0 aromatic heterocycles. The van der Waals surface area contributed by atoms with E-state index >= 15 is 0 Å². The molecule has 4 nitrogen and oxygen atoms in total. The first-order valence-corrected chi connectivity index (χ1v) is 6.32. The van der Waals surface area contributed by atoms with Crippen LogP contribution in [0.1, 0.15) is 18.4 Å². The maximum Gasteiger partial charge on any atom is 0.209 e. The summed E-state index contributed by atoms with van der Waals surface area (Å²) in [7, 11) is 4.38. The van der Waals surface area contributed by atoms with Crippen LogP contribution >= 0.6 is 0 Å². The standard InChI is InChI=1S/C7H8.C4H8O.C3H7NO.CH4O/c1-7-5-3-2-4-6-7;1-2-4-5-3-1;1-4(2)3-5;1-2/h2-6H,1H3;1-4H2;3H,1-2H3;2H,1H3. The van der Waals surface area contributed by atoms with Crippen LogP contribution in [-0.2, 0) is 9.53 Å². The van der Waals surface area contributed by atoms with Crippen LogP contribution < -0.4 is 0 Å². The third-order valence-electron chi connectivity index (χ3n) is 1.98. The molecule has 1 fully saturated rings. The molecule has 1 saturated heterocycles. The fraction of sp³-hybridized carbons (Fsp3) is 0.533. The predicted molar refractivity (Wildman–Crippen MR) is 79.1 cm³/mol. The average molecular weight is 269 g/mol. The summed E-state index contributed by atoms with van der Waals surface area (Å²) in [5.41, 5.74) is 1.32. The first-order valence-electron chi connectivity index (χ1n) is 6.32. The van der Waals surface area contributed by atoms with E-state index in [2.05, 4.69) is 19.1 Å². The Morgan fingerprint density at radius 2 is 1.53 bits per heavy atom. The number of aryl methyl sites for hydroxylation is 1. The van der Waals surface area contributed by atoms with Crippen molar-refractivity contribution >= 4 is 6.41 Å². The Hall–Kier alpha value is -1.39. The number of benzene rings is 1. The highest BCUT2D eigenvalue weighted by Gasteiger charge is 1.94. The molecule has 1 N–H and O–H groups in total. The van der Waals surface area contributed by atoms with Gasteiger partial charge in [-0.2, -0.15) is 0 Å². The summed E-state index contributed by atoms with van der Waals surface area (Å²) < 4.78 is 4.94. The molecule has 4 heteroatoms. The number of carbonyl (C=O) groups is 1. The van der Waals surface area contributed by atoms with Gasteiger partial charge in [-0.3, -0.25) is 4.79 Å². The quantitative estimate of drug-likeness (QED) is 0.794. The first kappa shape index (κ1) is 19.9. The number of hydrogen-bond donors (Lipinski definition) is 1. The molecule has 1 aromatic carbocycles. The molecule has 0 unspecified atom stereocenters. The number of ether oxygens (including phenoxy) is 1. The van der Waals surface area contributed by atoms with Gasteiger partial charge in [0.05, 0.1) is 0 Å². The Bertz CT molecular complexity index is 264. The molecule has 0 atom stereocenters. The predicted octanol–water partition coefficient (Wildman–Crippen LogP) is 2.10. The molecule has 1 heterocycles. The van der Waals surface area contributed by atoms with Gasteiger partial charge < -0.3 is 14.7 Å². The van der Waals surface area contributed by atoms with Gasteiger partial charge in [-0.15, -0.1) is 0 Å². The highest BCUT2D eigenvalue weighted by Crippen LogP contribution is 1.98. The van der Waals surface area contributed by atoms with Crippen LogP contribution in [0.15, 0.2) is 30.3 Å². The van der Waals surface area contributed by atoms with Crippen LogP contribution in [0.4, 0.5) is 0 Å². The number of amides is 1. The zero-order valence-corrected chi connectivity index (χ0v) is 12.5. The Labute approximate surface area is 117 Å². The molecule has 0 bridgehead atoms. The summed E-state index contributed by atoms with van der Waals surface area (Å²) in [6, 6.07) is 10.3. The minimum Gasteiger partial charge on any atom is -0.400 e. The number of aliphatic hydroxyl groups is 1. The van der Waals surface area contributed by atoms with Crippen molar-refractivity contribution in [3.05, 3.63) is 35.9 Å². The van der Waals surface area contributed by atoms with Crippen LogP contribution in [0.5, 0.6) is 0 Å². The molecule has 1 aliphatic heterocycles. The Kier molecular flexibility index (Phi) is 17.4. The molecule has 1 aliphatic rings. The third-order valence-corrected chi connectivity index (χ3v) is 1.98. The second kappa shape index (κ2) is 16.6. The molecule has 2 rings (SSSR count). The molecule has 0 saturated carbocycles. The summed E-state index contributed by atoms with van der Waals surface area (Å²) in [4.78, 5) is 10.9. The minimum atomic E-state index is 0.750. The largest absolute Gasteiger partial charge is 0.400 e. The third kappa shape index (κ3) is 19.1. The van der Waals surface area contributed by atoms with E-state index in [1.807, 2.05) is 18.2 Å². The maximum absolute atomic E-state index is 9.43. The molecule has 110 valence electrons. The molecular weight excluding hydrogens is 242 g/mol. The lowest BCUT2D eigenvalue weighted by Crippen LogP contribution is -2.06. The Morgan fingerprint density at radius 3 is 1.68 bits per heavy atom. The van der Waals surface area contributed by atoms with E-state index in [9.17, 15) is 4.79 Å². The summed E-state index contributed by atoms with van der Waals surface area (Å²) in [5.74, 6) is 0. The lowest BCUT2D eigenvalue weighted by Gasteiger charge is -1.93. The normalized spacial score (nSPS) is 11.6. The van der Waals surface area contributed by atoms with Gasteiger partial charge in [0.25, 0.3) is 0 Å². The van der Waals surface area contributed by atoms with Gasteiger partial charge in [-0.25, -0.2) is 0 Å². The van der Waals surface area contributed by atoms with Gasteiger partial charge >= 0.3 is 0 Å². The van der Waals surface area contributed by atoms with E-state index in [1.165, 1.54) is 23.3 Å². The van der Waals surface area contributed by atoms with Gasteiger partial charge in [0.2, 0.25) is 6.41 Å². The second-order valence-corrected chi connectivity index (χ2v) is 4.04. The SMILES string of the molecule is C1CCOC1.CN(C)C=O.CO.Cc1ccccc1. The minimum absolute atomic E-state index is 0.750. The van der Waals surface area contributed by atoms with E-state index < -0.39 is 0 Å². The van der Waals surface area contributed by atoms with E-state index in [0.717, 1.165) is 26.7 Å². The van der Waals surface area contributed by atoms with Crippen molar-refractivity contribution in [1.29, 1.82) is 0 Å². The van der Waals surface area contributed by atoms with E-state index in [-0.39, 0.29) is 0 Å². The van der Waals surface area contributed by atoms with Crippen LogP contribution in [0.25, 0.3) is 0 Å². The van der Waals surface area contributed by atoms with Gasteiger partial charge in [0.15, 0.2) is 0 Å². The Balaban J connectivity index is 0. The molecule has 1 amide bonds. The fourth-order valence-corrected chi connectivity index (χ4v) is 1.04. The molecular formula is C15H27NO3. The van der Waals surface area contributed by atoms with Crippen LogP contribution in [0.3, 0.4) is 0 Å². The van der Waals surface area contributed by atoms with Crippen molar-refractivity contribution in [2.75, 3.05) is 34.4 Å². The number of hydrogen-bond acceptors (Lipinski definition) is 3. The number of nitrogens with zero attached hydrogens (tertiary/aromatic N) is 1. The molecule has 0 radical (unpaired) electrons. The van der Waals surface area contributed by atoms with E-state index in [4.69, 9.17) is 9.84 Å². The van der Waals surface area contributed by atoms with E-state index in [0.29, 0.717) is 0 Å². The van der Waals surface area contributed by atoms with Crippen molar-refractivity contribution in [2.24, 2.45) is 0 Å². The van der Waals surface area contributed by atoms with Crippen molar-refractivity contribution < 1.29 is 14.6 Å². The lowest BCUT2D eigenvalue weighted by atomic mass is 10.2. The van der Waals surface area contributed by atoms with Crippen LogP contribution in [-0.4, -0.2) is 50.8 Å². The topological polar surface area (TPSA) is 49.8 Å². The highest BCUT2D eigenvalue weighted by molar-refractivity contribution is 5.45. The lowest BCUT2D eigenvalue weighted by molar-refractivity contribution is -0.115. The monoisotopic (exact) mass is 269 g/mol. The van der Waals surface area contributed by atoms with E-state index in [1.54, 1.807) is 14.1 Å². The van der Waals surface area contributed by atoms with Gasteiger partial charge in [-0.05, 0) is 19.8 Å². The summed E-state index contributed by atoms with van der Waals surface area (Å²) in [6.45, 7) is 4.08. The average Bonchev–Trinajstić information content (AvgIpc) is 3.02. The smallest absolute Gasteiger partial charge is 0.209 e. The second-order valence-electron chi connectivity index (χ2n) is 4.04. The van der Waals surface area contributed by atoms with Crippen molar-refractivity contribution in [2.45, 2.75) is 19.8 Å². The van der Waals surface area contributed by atoms with Gasteiger partial charge in [0, 0.05) is 34.4 Å². The summed E-state index contributed by atoms with van der Waals surface area (Å²) in [5, 5.41) is 7.00. The van der Waals surface area contributed by atoms with Gasteiger partial charge in [0.1, 0.15) is 0 Å². The molecule has 1 aromatic rings. The van der Waals surface area contributed by atoms with Crippen LogP contribution in [0.2, 0.25) is 0 Å². The number of carbonyl (C=O) groups excluding carboxylic acids is 1. The zero-order valence-electron chi connectivity index (χ0n) is 12.5. The van der Waals surface area contributed by atoms with Crippen molar-refractivity contribution in [3.63, 3.8) is 0 Å². The van der Waals surface area contributed by atoms with Gasteiger partial charge in [-0.1, -0.05) is 35.9 Å². The number of rotatable bonds is 1. The molecule has 0 spiro atoms. The van der Waals surface area contributed by atoms with Crippen LogP contribution in [0, 0.1) is 6.92 Å². The number of aliphatic hydroxyl groups excluding tert-OH is 1. The highest BCUT2D eigenvalue weighted by atomic mass is 16.5. The molecule has 19 heavy (non-hydrogen) atoms. The first-order chi connectivity index (χ1) is 9.16. The van der Waals surface area contributed by atoms with Crippen molar-refractivity contribution in [3.8, 4) is 0 Å². The maximum atomic E-state index is 9.43. The molecule has 0 aliphatic carbocycles. The summed E-state index contributed by atoms with van der Waals surface area (Å²) in [6.07, 6.45) is 3.31. The summed E-state index contributed by atoms with van der Waals surface area (Å²) >= 11 is 0. The fourth-order valence-electron chi connectivity index (χ4n) is 1.04. The van der Waals surface area contributed by atoms with Crippen molar-refractivity contribution in [1.82, 2.24) is 4.90 Å².